The number of hydrogen-bond acceptors (Lipinski definition) is 3. The van der Waals surface area contributed by atoms with Crippen molar-refractivity contribution in [2.24, 2.45) is 0 Å². The fourth-order valence-electron chi connectivity index (χ4n) is 2.83. The van der Waals surface area contributed by atoms with Crippen molar-refractivity contribution in [2.75, 3.05) is 13.7 Å². The van der Waals surface area contributed by atoms with Crippen LogP contribution >= 0.6 is 11.6 Å². The summed E-state index contributed by atoms with van der Waals surface area (Å²) in [4.78, 5) is 4.61. The van der Waals surface area contributed by atoms with Crippen LogP contribution in [0.15, 0.2) is 18.2 Å². The number of fused-ring (bicyclic) bond motifs is 1. The zero-order valence-corrected chi connectivity index (χ0v) is 12.4. The van der Waals surface area contributed by atoms with E-state index >= 15 is 0 Å². The van der Waals surface area contributed by atoms with Gasteiger partial charge in [0.2, 0.25) is 0 Å². The number of methoxy groups -OCH3 is 1. The van der Waals surface area contributed by atoms with E-state index in [-0.39, 0.29) is 0 Å². The molecule has 3 rings (SSSR count). The molecule has 0 N–H and O–H groups in total. The fourth-order valence-corrected chi connectivity index (χ4v) is 3.03. The van der Waals surface area contributed by atoms with Gasteiger partial charge in [-0.2, -0.15) is 0 Å². The first-order valence-corrected chi connectivity index (χ1v) is 7.56. The average Bonchev–Trinajstić information content (AvgIpc) is 3.11. The Hall–Kier alpha value is -1.26. The van der Waals surface area contributed by atoms with Crippen LogP contribution < -0.4 is 4.74 Å². The van der Waals surface area contributed by atoms with Crippen LogP contribution in [0.2, 0.25) is 0 Å². The third kappa shape index (κ3) is 2.50. The Morgan fingerprint density at radius 3 is 3.10 bits per heavy atom. The third-order valence-electron chi connectivity index (χ3n) is 3.86. The summed E-state index contributed by atoms with van der Waals surface area (Å²) < 4.78 is 13.3. The normalized spacial score (nSPS) is 18.8. The van der Waals surface area contributed by atoms with Crippen LogP contribution in [0.1, 0.15) is 25.1 Å². The molecule has 108 valence electrons. The first-order chi connectivity index (χ1) is 9.83. The highest BCUT2D eigenvalue weighted by Crippen LogP contribution is 2.27. The number of rotatable bonds is 5. The number of aromatic nitrogens is 2. The molecule has 1 unspecified atom stereocenters. The molecule has 1 aliphatic heterocycles. The molecule has 0 saturated carbocycles. The topological polar surface area (TPSA) is 36.3 Å². The second-order valence-corrected chi connectivity index (χ2v) is 5.33. The lowest BCUT2D eigenvalue weighted by atomic mass is 10.2. The maximum atomic E-state index is 6.04. The lowest BCUT2D eigenvalue weighted by Gasteiger charge is -2.12. The number of nitrogens with zero attached hydrogens (tertiary/aromatic N) is 2. The predicted octanol–water partition coefficient (Wildman–Crippen LogP) is 3.35. The quantitative estimate of drug-likeness (QED) is 0.794. The van der Waals surface area contributed by atoms with E-state index < -0.39 is 0 Å². The van der Waals surface area contributed by atoms with Crippen LogP contribution in [0.3, 0.4) is 0 Å². The van der Waals surface area contributed by atoms with Crippen molar-refractivity contribution in [3.63, 3.8) is 0 Å². The first kappa shape index (κ1) is 13.7. The van der Waals surface area contributed by atoms with Crippen molar-refractivity contribution in [1.82, 2.24) is 9.55 Å². The van der Waals surface area contributed by atoms with E-state index in [2.05, 4.69) is 15.6 Å². The van der Waals surface area contributed by atoms with E-state index in [0.29, 0.717) is 12.0 Å². The minimum Gasteiger partial charge on any atom is -0.494 e. The molecule has 1 aliphatic rings. The summed E-state index contributed by atoms with van der Waals surface area (Å²) in [6.45, 7) is 1.78. The summed E-state index contributed by atoms with van der Waals surface area (Å²) in [7, 11) is 1.67. The summed E-state index contributed by atoms with van der Waals surface area (Å²) in [5.74, 6) is 2.09. The van der Waals surface area contributed by atoms with Crippen molar-refractivity contribution >= 4 is 22.6 Å². The Labute approximate surface area is 123 Å². The zero-order valence-electron chi connectivity index (χ0n) is 11.6. The second-order valence-electron chi connectivity index (χ2n) is 5.07. The summed E-state index contributed by atoms with van der Waals surface area (Å²) >= 11 is 6.04. The number of hydrogen-bond donors (Lipinski definition) is 0. The maximum absolute atomic E-state index is 6.04. The van der Waals surface area contributed by atoms with Crippen molar-refractivity contribution in [2.45, 2.75) is 37.8 Å². The number of benzene rings is 1. The molecule has 1 atom stereocenters. The molecule has 2 aromatic rings. The first-order valence-electron chi connectivity index (χ1n) is 7.03. The molecular formula is C15H19ClN2O2. The Bertz CT molecular complexity index is 591. The number of imidazole rings is 1. The molecule has 4 nitrogen and oxygen atoms in total. The van der Waals surface area contributed by atoms with Gasteiger partial charge in [-0.15, -0.1) is 11.6 Å². The average molecular weight is 295 g/mol. The van der Waals surface area contributed by atoms with Crippen molar-refractivity contribution in [3.8, 4) is 5.75 Å². The van der Waals surface area contributed by atoms with Crippen molar-refractivity contribution in [1.29, 1.82) is 0 Å². The van der Waals surface area contributed by atoms with E-state index in [1.54, 1.807) is 7.11 Å². The highest BCUT2D eigenvalue weighted by molar-refractivity contribution is 6.16. The number of alkyl halides is 1. The Kier molecular flexibility index (Phi) is 4.13. The van der Waals surface area contributed by atoms with Gasteiger partial charge in [-0.3, -0.25) is 0 Å². The van der Waals surface area contributed by atoms with Gasteiger partial charge in [-0.1, -0.05) is 6.07 Å². The molecule has 1 aromatic carbocycles. The largest absolute Gasteiger partial charge is 0.494 e. The van der Waals surface area contributed by atoms with Crippen LogP contribution in [0.4, 0.5) is 0 Å². The summed E-state index contributed by atoms with van der Waals surface area (Å²) in [5, 5.41) is 0. The standard InChI is InChI=1S/C15H19ClN2O2/c1-19-13-6-2-5-12-15(13)17-14(10-16)18(12)8-7-11-4-3-9-20-11/h2,5-6,11H,3-4,7-10H2,1H3. The summed E-state index contributed by atoms with van der Waals surface area (Å²) in [6.07, 6.45) is 3.71. The van der Waals surface area contributed by atoms with Gasteiger partial charge >= 0.3 is 0 Å². The van der Waals surface area contributed by atoms with Gasteiger partial charge in [0.25, 0.3) is 0 Å². The smallest absolute Gasteiger partial charge is 0.146 e. The van der Waals surface area contributed by atoms with Crippen molar-refractivity contribution < 1.29 is 9.47 Å². The van der Waals surface area contributed by atoms with E-state index in [0.717, 1.165) is 48.6 Å². The molecule has 1 aromatic heterocycles. The monoisotopic (exact) mass is 294 g/mol. The van der Waals surface area contributed by atoms with Gasteiger partial charge in [-0.25, -0.2) is 4.98 Å². The lowest BCUT2D eigenvalue weighted by Crippen LogP contribution is -2.11. The van der Waals surface area contributed by atoms with Crippen LogP contribution in [-0.4, -0.2) is 29.4 Å². The molecule has 1 saturated heterocycles. The molecule has 0 spiro atoms. The molecular weight excluding hydrogens is 276 g/mol. The zero-order chi connectivity index (χ0) is 13.9. The minimum atomic E-state index is 0.376. The van der Waals surface area contributed by atoms with Gasteiger partial charge in [0.15, 0.2) is 0 Å². The van der Waals surface area contributed by atoms with Crippen LogP contribution in [-0.2, 0) is 17.2 Å². The predicted molar refractivity (Wildman–Crippen MR) is 79.4 cm³/mol. The number of aryl methyl sites for hydroxylation is 1. The number of para-hydroxylation sites is 1. The molecule has 1 fully saturated rings. The number of halogens is 1. The summed E-state index contributed by atoms with van der Waals surface area (Å²) in [5.41, 5.74) is 1.97. The Morgan fingerprint density at radius 2 is 2.40 bits per heavy atom. The minimum absolute atomic E-state index is 0.376. The van der Waals surface area contributed by atoms with E-state index in [9.17, 15) is 0 Å². The van der Waals surface area contributed by atoms with E-state index in [4.69, 9.17) is 21.1 Å². The maximum Gasteiger partial charge on any atom is 0.146 e. The van der Waals surface area contributed by atoms with E-state index in [1.165, 1.54) is 6.42 Å². The lowest BCUT2D eigenvalue weighted by molar-refractivity contribution is 0.100. The molecule has 0 aliphatic carbocycles. The molecule has 0 radical (unpaired) electrons. The van der Waals surface area contributed by atoms with Crippen molar-refractivity contribution in [3.05, 3.63) is 24.0 Å². The Balaban J connectivity index is 1.91. The van der Waals surface area contributed by atoms with Gasteiger partial charge in [0, 0.05) is 13.2 Å². The van der Waals surface area contributed by atoms with Gasteiger partial charge in [0.1, 0.15) is 17.1 Å². The SMILES string of the molecule is COc1cccc2c1nc(CCl)n2CCC1CCCO1. The van der Waals surface area contributed by atoms with Crippen LogP contribution in [0.5, 0.6) is 5.75 Å². The summed E-state index contributed by atoms with van der Waals surface area (Å²) in [6, 6.07) is 5.98. The molecule has 0 bridgehead atoms. The third-order valence-corrected chi connectivity index (χ3v) is 4.10. The highest BCUT2D eigenvalue weighted by Gasteiger charge is 2.18. The molecule has 2 heterocycles. The molecule has 0 amide bonds. The van der Waals surface area contributed by atoms with Gasteiger partial charge in [0.05, 0.1) is 24.6 Å². The van der Waals surface area contributed by atoms with Gasteiger partial charge in [-0.05, 0) is 31.4 Å². The molecule has 5 heteroatoms. The van der Waals surface area contributed by atoms with E-state index in [1.807, 2.05) is 12.1 Å². The van der Waals surface area contributed by atoms with Crippen LogP contribution in [0.25, 0.3) is 11.0 Å². The second kappa shape index (κ2) is 6.02. The molecule has 20 heavy (non-hydrogen) atoms. The Morgan fingerprint density at radius 1 is 1.50 bits per heavy atom. The fraction of sp³-hybridized carbons (Fsp3) is 0.533. The van der Waals surface area contributed by atoms with Gasteiger partial charge < -0.3 is 14.0 Å². The van der Waals surface area contributed by atoms with Crippen LogP contribution in [0, 0.1) is 0 Å². The number of ether oxygens (including phenoxy) is 2. The highest BCUT2D eigenvalue weighted by atomic mass is 35.5.